The number of aromatic nitrogens is 1. The molecule has 0 radical (unpaired) electrons. The van der Waals surface area contributed by atoms with Crippen molar-refractivity contribution in [2.24, 2.45) is 10.9 Å². The number of nitrogens with zero attached hydrogens (tertiary/aromatic N) is 5. The standard InChI is InChI=1S/C21H36N6/c1-3-22-21(24-11-7-13-25-12-6-8-19(2)18-25)27-16-14-26(15-17-27)20-9-4-5-10-23-20/h4-5,9-10,19H,3,6-8,11-18H2,1-2H3,(H,22,24). The van der Waals surface area contributed by atoms with Gasteiger partial charge in [-0.05, 0) is 57.3 Å². The van der Waals surface area contributed by atoms with Crippen LogP contribution in [-0.4, -0.2) is 79.6 Å². The molecule has 2 fully saturated rings. The Kier molecular flexibility index (Phi) is 7.75. The van der Waals surface area contributed by atoms with Crippen LogP contribution in [0.25, 0.3) is 0 Å². The predicted molar refractivity (Wildman–Crippen MR) is 113 cm³/mol. The minimum absolute atomic E-state index is 0.856. The summed E-state index contributed by atoms with van der Waals surface area (Å²) in [5, 5.41) is 3.48. The minimum atomic E-state index is 0.856. The number of hydrogen-bond acceptors (Lipinski definition) is 4. The van der Waals surface area contributed by atoms with E-state index in [0.717, 1.165) is 63.4 Å². The molecule has 0 amide bonds. The van der Waals surface area contributed by atoms with Gasteiger partial charge in [-0.2, -0.15) is 0 Å². The maximum Gasteiger partial charge on any atom is 0.194 e. The molecule has 1 unspecified atom stereocenters. The lowest BCUT2D eigenvalue weighted by atomic mass is 10.0. The summed E-state index contributed by atoms with van der Waals surface area (Å²) in [5.41, 5.74) is 0. The molecule has 150 valence electrons. The number of rotatable bonds is 6. The maximum atomic E-state index is 4.91. The Morgan fingerprint density at radius 2 is 2.07 bits per heavy atom. The number of likely N-dealkylation sites (tertiary alicyclic amines) is 1. The van der Waals surface area contributed by atoms with Crippen LogP contribution >= 0.6 is 0 Å². The third-order valence-corrected chi connectivity index (χ3v) is 5.52. The second kappa shape index (κ2) is 10.5. The minimum Gasteiger partial charge on any atom is -0.357 e. The lowest BCUT2D eigenvalue weighted by Crippen LogP contribution is -2.52. The molecule has 0 spiro atoms. The van der Waals surface area contributed by atoms with Crippen LogP contribution in [0, 0.1) is 5.92 Å². The molecule has 1 aromatic rings. The van der Waals surface area contributed by atoms with E-state index in [-0.39, 0.29) is 0 Å². The van der Waals surface area contributed by atoms with Crippen molar-refractivity contribution in [1.29, 1.82) is 0 Å². The lowest BCUT2D eigenvalue weighted by Gasteiger charge is -2.37. The first-order chi connectivity index (χ1) is 13.3. The van der Waals surface area contributed by atoms with E-state index in [1.165, 1.54) is 32.5 Å². The average Bonchev–Trinajstić information content (AvgIpc) is 2.71. The Hall–Kier alpha value is -1.82. The van der Waals surface area contributed by atoms with Gasteiger partial charge in [0, 0.05) is 52.0 Å². The van der Waals surface area contributed by atoms with Crippen molar-refractivity contribution in [1.82, 2.24) is 20.1 Å². The highest BCUT2D eigenvalue weighted by molar-refractivity contribution is 5.80. The van der Waals surface area contributed by atoms with Crippen molar-refractivity contribution < 1.29 is 0 Å². The van der Waals surface area contributed by atoms with Crippen LogP contribution in [0.1, 0.15) is 33.1 Å². The van der Waals surface area contributed by atoms with Crippen molar-refractivity contribution in [2.75, 3.05) is 63.8 Å². The summed E-state index contributed by atoms with van der Waals surface area (Å²) in [6, 6.07) is 6.12. The van der Waals surface area contributed by atoms with Crippen LogP contribution in [0.2, 0.25) is 0 Å². The summed E-state index contributed by atoms with van der Waals surface area (Å²) in [4.78, 5) is 16.8. The summed E-state index contributed by atoms with van der Waals surface area (Å²) in [7, 11) is 0. The van der Waals surface area contributed by atoms with Crippen LogP contribution in [0.15, 0.2) is 29.4 Å². The van der Waals surface area contributed by atoms with Crippen molar-refractivity contribution in [2.45, 2.75) is 33.1 Å². The number of guanidine groups is 1. The fourth-order valence-corrected chi connectivity index (χ4v) is 4.08. The molecule has 6 nitrogen and oxygen atoms in total. The molecule has 27 heavy (non-hydrogen) atoms. The highest BCUT2D eigenvalue weighted by atomic mass is 15.4. The Morgan fingerprint density at radius 1 is 1.22 bits per heavy atom. The molecule has 2 aliphatic heterocycles. The second-order valence-corrected chi connectivity index (χ2v) is 7.80. The van der Waals surface area contributed by atoms with E-state index in [0.29, 0.717) is 0 Å². The summed E-state index contributed by atoms with van der Waals surface area (Å²) in [5.74, 6) is 3.01. The zero-order valence-electron chi connectivity index (χ0n) is 17.1. The van der Waals surface area contributed by atoms with Crippen LogP contribution in [0.5, 0.6) is 0 Å². The van der Waals surface area contributed by atoms with Crippen molar-refractivity contribution in [3.63, 3.8) is 0 Å². The van der Waals surface area contributed by atoms with Crippen molar-refractivity contribution in [3.8, 4) is 0 Å². The van der Waals surface area contributed by atoms with Gasteiger partial charge in [-0.15, -0.1) is 0 Å². The summed E-state index contributed by atoms with van der Waals surface area (Å²) in [6.45, 7) is 14.0. The normalized spacial score (nSPS) is 22.1. The van der Waals surface area contributed by atoms with Gasteiger partial charge in [-0.25, -0.2) is 4.98 Å². The first-order valence-corrected chi connectivity index (χ1v) is 10.7. The van der Waals surface area contributed by atoms with Crippen molar-refractivity contribution >= 4 is 11.8 Å². The molecule has 6 heteroatoms. The van der Waals surface area contributed by atoms with Gasteiger partial charge in [0.2, 0.25) is 0 Å². The molecule has 2 aliphatic rings. The molecular weight excluding hydrogens is 336 g/mol. The van der Waals surface area contributed by atoms with Gasteiger partial charge < -0.3 is 20.0 Å². The number of hydrogen-bond donors (Lipinski definition) is 1. The molecule has 2 saturated heterocycles. The van der Waals surface area contributed by atoms with E-state index in [1.54, 1.807) is 0 Å². The Morgan fingerprint density at radius 3 is 2.78 bits per heavy atom. The molecule has 0 saturated carbocycles. The highest BCUT2D eigenvalue weighted by Gasteiger charge is 2.20. The quantitative estimate of drug-likeness (QED) is 0.472. The smallest absolute Gasteiger partial charge is 0.194 e. The van der Waals surface area contributed by atoms with Crippen LogP contribution in [0.4, 0.5) is 5.82 Å². The zero-order valence-corrected chi connectivity index (χ0v) is 17.1. The number of piperazine rings is 1. The Labute approximate surface area is 164 Å². The van der Waals surface area contributed by atoms with Gasteiger partial charge in [0.05, 0.1) is 0 Å². The maximum absolute atomic E-state index is 4.91. The van der Waals surface area contributed by atoms with E-state index in [2.05, 4.69) is 51.0 Å². The first kappa shape index (κ1) is 19.9. The fraction of sp³-hybridized carbons (Fsp3) is 0.714. The topological polar surface area (TPSA) is 47.0 Å². The Bertz CT molecular complexity index is 567. The summed E-state index contributed by atoms with van der Waals surface area (Å²) in [6.07, 6.45) is 5.77. The van der Waals surface area contributed by atoms with E-state index in [4.69, 9.17) is 4.99 Å². The summed E-state index contributed by atoms with van der Waals surface area (Å²) >= 11 is 0. The van der Waals surface area contributed by atoms with Crippen molar-refractivity contribution in [3.05, 3.63) is 24.4 Å². The fourth-order valence-electron chi connectivity index (χ4n) is 4.08. The molecule has 3 heterocycles. The number of nitrogens with one attached hydrogen (secondary N) is 1. The third-order valence-electron chi connectivity index (χ3n) is 5.52. The van der Waals surface area contributed by atoms with E-state index < -0.39 is 0 Å². The van der Waals surface area contributed by atoms with Crippen LogP contribution in [-0.2, 0) is 0 Å². The van der Waals surface area contributed by atoms with E-state index >= 15 is 0 Å². The highest BCUT2D eigenvalue weighted by Crippen LogP contribution is 2.15. The largest absolute Gasteiger partial charge is 0.357 e. The predicted octanol–water partition coefficient (Wildman–Crippen LogP) is 2.29. The summed E-state index contributed by atoms with van der Waals surface area (Å²) < 4.78 is 0. The number of anilines is 1. The number of piperidine rings is 1. The zero-order chi connectivity index (χ0) is 18.9. The number of pyridine rings is 1. The monoisotopic (exact) mass is 372 g/mol. The van der Waals surface area contributed by atoms with Gasteiger partial charge in [-0.3, -0.25) is 4.99 Å². The molecule has 1 atom stereocenters. The van der Waals surface area contributed by atoms with Gasteiger partial charge in [0.1, 0.15) is 5.82 Å². The van der Waals surface area contributed by atoms with Gasteiger partial charge in [0.25, 0.3) is 0 Å². The average molecular weight is 373 g/mol. The lowest BCUT2D eigenvalue weighted by molar-refractivity contribution is 0.183. The van der Waals surface area contributed by atoms with Crippen LogP contribution in [0.3, 0.4) is 0 Å². The van der Waals surface area contributed by atoms with Gasteiger partial charge in [0.15, 0.2) is 5.96 Å². The van der Waals surface area contributed by atoms with Gasteiger partial charge >= 0.3 is 0 Å². The number of aliphatic imine (C=N–C) groups is 1. The van der Waals surface area contributed by atoms with Crippen LogP contribution < -0.4 is 10.2 Å². The SMILES string of the molecule is CCNC(=NCCCN1CCCC(C)C1)N1CCN(c2ccccn2)CC1. The second-order valence-electron chi connectivity index (χ2n) is 7.80. The third kappa shape index (κ3) is 6.09. The Balaban J connectivity index is 1.45. The van der Waals surface area contributed by atoms with E-state index in [9.17, 15) is 0 Å². The van der Waals surface area contributed by atoms with E-state index in [1.807, 2.05) is 12.3 Å². The molecule has 3 rings (SSSR count). The molecule has 0 aromatic carbocycles. The molecule has 0 aliphatic carbocycles. The van der Waals surface area contributed by atoms with Gasteiger partial charge in [-0.1, -0.05) is 13.0 Å². The first-order valence-electron chi connectivity index (χ1n) is 10.7. The molecule has 1 aromatic heterocycles. The molecule has 0 bridgehead atoms. The molecular formula is C21H36N6. The molecule has 1 N–H and O–H groups in total.